The predicted molar refractivity (Wildman–Crippen MR) is 71.0 cm³/mol. The van der Waals surface area contributed by atoms with E-state index in [1.54, 1.807) is 0 Å². The highest BCUT2D eigenvalue weighted by atomic mass is 16.1. The first kappa shape index (κ1) is 13.1. The second-order valence-electron chi connectivity index (χ2n) is 6.46. The Balaban J connectivity index is 2.18. The molecule has 1 aliphatic carbocycles. The zero-order valence-electron chi connectivity index (χ0n) is 11.8. The van der Waals surface area contributed by atoms with Gasteiger partial charge in [-0.25, -0.2) is 0 Å². The van der Waals surface area contributed by atoms with Crippen molar-refractivity contribution in [2.45, 2.75) is 77.9 Å². The number of likely N-dealkylation sites (tertiary alicyclic amines) is 1. The second-order valence-corrected chi connectivity index (χ2v) is 6.46. The molecule has 2 heteroatoms. The summed E-state index contributed by atoms with van der Waals surface area (Å²) < 4.78 is 0. The van der Waals surface area contributed by atoms with Gasteiger partial charge in [0, 0.05) is 18.0 Å². The van der Waals surface area contributed by atoms with E-state index in [0.29, 0.717) is 17.9 Å². The Hall–Kier alpha value is -0.370. The van der Waals surface area contributed by atoms with Crippen molar-refractivity contribution in [1.29, 1.82) is 0 Å². The molecule has 1 aliphatic heterocycles. The number of carbonyl (C=O) groups excluding carboxylic acids is 1. The van der Waals surface area contributed by atoms with Gasteiger partial charge in [-0.2, -0.15) is 0 Å². The van der Waals surface area contributed by atoms with Crippen LogP contribution in [0.2, 0.25) is 0 Å². The van der Waals surface area contributed by atoms with Crippen molar-refractivity contribution < 1.29 is 4.79 Å². The summed E-state index contributed by atoms with van der Waals surface area (Å²) in [5, 5.41) is 0. The monoisotopic (exact) mass is 237 g/mol. The summed E-state index contributed by atoms with van der Waals surface area (Å²) >= 11 is 0. The molecule has 17 heavy (non-hydrogen) atoms. The van der Waals surface area contributed by atoms with Gasteiger partial charge in [0.25, 0.3) is 0 Å². The van der Waals surface area contributed by atoms with E-state index in [1.165, 1.54) is 25.7 Å². The molecular formula is C15H27NO. The maximum absolute atomic E-state index is 12.4. The lowest BCUT2D eigenvalue weighted by Gasteiger charge is -2.36. The molecule has 2 nitrogen and oxygen atoms in total. The maximum Gasteiger partial charge on any atom is 0.152 e. The Morgan fingerprint density at radius 2 is 1.76 bits per heavy atom. The number of ketones is 1. The van der Waals surface area contributed by atoms with Gasteiger partial charge >= 0.3 is 0 Å². The standard InChI is InChI=1S/C15H27NO/c1-10(2)15(17)14-9-12-7-5-6-8-13(12)16(14)11(3)4/h10-14H,5-9H2,1-4H3/t12-,13-,14+/m1/s1. The van der Waals surface area contributed by atoms with Crippen LogP contribution in [0.25, 0.3) is 0 Å². The summed E-state index contributed by atoms with van der Waals surface area (Å²) in [6.45, 7) is 8.58. The third-order valence-electron chi connectivity index (χ3n) is 4.63. The van der Waals surface area contributed by atoms with Crippen LogP contribution in [0.15, 0.2) is 0 Å². The zero-order valence-corrected chi connectivity index (χ0v) is 11.8. The molecule has 0 unspecified atom stereocenters. The molecule has 0 amide bonds. The van der Waals surface area contributed by atoms with Crippen LogP contribution < -0.4 is 0 Å². The van der Waals surface area contributed by atoms with Crippen molar-refractivity contribution in [2.75, 3.05) is 0 Å². The van der Waals surface area contributed by atoms with Gasteiger partial charge in [-0.05, 0) is 39.0 Å². The Kier molecular flexibility index (Phi) is 3.92. The van der Waals surface area contributed by atoms with E-state index in [9.17, 15) is 4.79 Å². The summed E-state index contributed by atoms with van der Waals surface area (Å²) in [5.41, 5.74) is 0. The highest BCUT2D eigenvalue weighted by Crippen LogP contribution is 2.41. The van der Waals surface area contributed by atoms with E-state index in [1.807, 2.05) is 13.8 Å². The van der Waals surface area contributed by atoms with E-state index < -0.39 is 0 Å². The molecule has 0 aromatic rings. The second kappa shape index (κ2) is 5.09. The number of fused-ring (bicyclic) bond motifs is 1. The lowest BCUT2D eigenvalue weighted by Crippen LogP contribution is -2.47. The normalized spacial score (nSPS) is 34.4. The molecule has 1 saturated heterocycles. The van der Waals surface area contributed by atoms with Crippen molar-refractivity contribution in [3.8, 4) is 0 Å². The molecule has 0 spiro atoms. The first-order valence-electron chi connectivity index (χ1n) is 7.33. The summed E-state index contributed by atoms with van der Waals surface area (Å²) in [5.74, 6) is 1.44. The summed E-state index contributed by atoms with van der Waals surface area (Å²) in [6.07, 6.45) is 6.50. The molecule has 0 N–H and O–H groups in total. The van der Waals surface area contributed by atoms with Crippen LogP contribution in [0.1, 0.15) is 59.8 Å². The molecule has 2 fully saturated rings. The average molecular weight is 237 g/mol. The van der Waals surface area contributed by atoms with Gasteiger partial charge < -0.3 is 0 Å². The van der Waals surface area contributed by atoms with Crippen molar-refractivity contribution in [3.05, 3.63) is 0 Å². The molecule has 1 saturated carbocycles. The zero-order chi connectivity index (χ0) is 12.6. The molecular weight excluding hydrogens is 210 g/mol. The van der Waals surface area contributed by atoms with Crippen LogP contribution in [-0.4, -0.2) is 28.8 Å². The molecule has 0 radical (unpaired) electrons. The molecule has 0 aromatic heterocycles. The van der Waals surface area contributed by atoms with Gasteiger partial charge in [-0.1, -0.05) is 26.7 Å². The first-order chi connectivity index (χ1) is 8.02. The highest BCUT2D eigenvalue weighted by Gasteiger charge is 2.45. The van der Waals surface area contributed by atoms with Crippen molar-refractivity contribution in [2.24, 2.45) is 11.8 Å². The molecule has 2 rings (SSSR count). The van der Waals surface area contributed by atoms with Crippen LogP contribution in [0, 0.1) is 11.8 Å². The largest absolute Gasteiger partial charge is 0.298 e. The lowest BCUT2D eigenvalue weighted by molar-refractivity contribution is -0.127. The number of hydrogen-bond donors (Lipinski definition) is 0. The maximum atomic E-state index is 12.4. The van der Waals surface area contributed by atoms with Gasteiger partial charge in [0.2, 0.25) is 0 Å². The van der Waals surface area contributed by atoms with Crippen LogP contribution in [0.5, 0.6) is 0 Å². The van der Waals surface area contributed by atoms with E-state index in [-0.39, 0.29) is 12.0 Å². The molecule has 98 valence electrons. The highest BCUT2D eigenvalue weighted by molar-refractivity contribution is 5.86. The Morgan fingerprint density at radius 1 is 1.12 bits per heavy atom. The van der Waals surface area contributed by atoms with Crippen LogP contribution in [-0.2, 0) is 4.79 Å². The summed E-state index contributed by atoms with van der Waals surface area (Å²) in [4.78, 5) is 14.9. The van der Waals surface area contributed by atoms with Crippen LogP contribution in [0.3, 0.4) is 0 Å². The van der Waals surface area contributed by atoms with Crippen LogP contribution in [0.4, 0.5) is 0 Å². The molecule has 1 heterocycles. The number of hydrogen-bond acceptors (Lipinski definition) is 2. The minimum atomic E-state index is 0.182. The number of Topliss-reactive ketones (excluding diaryl/α,β-unsaturated/α-hetero) is 1. The fourth-order valence-electron chi connectivity index (χ4n) is 3.89. The third-order valence-corrected chi connectivity index (χ3v) is 4.63. The quantitative estimate of drug-likeness (QED) is 0.751. The van der Waals surface area contributed by atoms with Gasteiger partial charge in [-0.15, -0.1) is 0 Å². The fraction of sp³-hybridized carbons (Fsp3) is 0.933. The van der Waals surface area contributed by atoms with E-state index >= 15 is 0 Å². The van der Waals surface area contributed by atoms with Gasteiger partial charge in [0.1, 0.15) is 0 Å². The fourth-order valence-corrected chi connectivity index (χ4v) is 3.89. The van der Waals surface area contributed by atoms with Gasteiger partial charge in [0.05, 0.1) is 6.04 Å². The van der Waals surface area contributed by atoms with Crippen LogP contribution >= 0.6 is 0 Å². The SMILES string of the molecule is CC(C)C(=O)[C@@H]1C[C@H]2CCCC[C@H]2N1C(C)C. The van der Waals surface area contributed by atoms with E-state index in [0.717, 1.165) is 12.3 Å². The Morgan fingerprint density at radius 3 is 2.35 bits per heavy atom. The Labute approximate surface area is 106 Å². The first-order valence-corrected chi connectivity index (χ1v) is 7.33. The van der Waals surface area contributed by atoms with E-state index in [4.69, 9.17) is 0 Å². The van der Waals surface area contributed by atoms with Crippen molar-refractivity contribution in [1.82, 2.24) is 4.90 Å². The van der Waals surface area contributed by atoms with E-state index in [2.05, 4.69) is 18.7 Å². The number of carbonyl (C=O) groups is 1. The van der Waals surface area contributed by atoms with Gasteiger partial charge in [0.15, 0.2) is 5.78 Å². The lowest BCUT2D eigenvalue weighted by atomic mass is 9.84. The molecule has 2 aliphatic rings. The Bertz CT molecular complexity index is 285. The third kappa shape index (κ3) is 2.42. The van der Waals surface area contributed by atoms with Crippen molar-refractivity contribution >= 4 is 5.78 Å². The number of rotatable bonds is 3. The molecule has 3 atom stereocenters. The topological polar surface area (TPSA) is 20.3 Å². The predicted octanol–water partition coefficient (Wildman–Crippen LogP) is 3.25. The summed E-state index contributed by atoms with van der Waals surface area (Å²) in [6, 6.07) is 1.41. The molecule has 0 aromatic carbocycles. The molecule has 0 bridgehead atoms. The minimum Gasteiger partial charge on any atom is -0.298 e. The average Bonchev–Trinajstić information content (AvgIpc) is 2.66. The van der Waals surface area contributed by atoms with Crippen molar-refractivity contribution in [3.63, 3.8) is 0 Å². The smallest absolute Gasteiger partial charge is 0.152 e. The van der Waals surface area contributed by atoms with Gasteiger partial charge in [-0.3, -0.25) is 9.69 Å². The number of nitrogens with zero attached hydrogens (tertiary/aromatic N) is 1. The summed E-state index contributed by atoms with van der Waals surface area (Å²) in [7, 11) is 0. The minimum absolute atomic E-state index is 0.182.